The van der Waals surface area contributed by atoms with Gasteiger partial charge in [0.1, 0.15) is 18.1 Å². The van der Waals surface area contributed by atoms with Crippen LogP contribution in [0, 0.1) is 0 Å². The SMILES string of the molecule is Oc1ccc2c(c1)N(c1cnc3ccccc3c1)CCO2. The molecular formula is C17H14N2O2. The van der Waals surface area contributed by atoms with Crippen molar-refractivity contribution in [1.29, 1.82) is 0 Å². The van der Waals surface area contributed by atoms with Crippen LogP contribution in [0.2, 0.25) is 0 Å². The first kappa shape index (κ1) is 12.0. The Bertz CT molecular complexity index is 817. The van der Waals surface area contributed by atoms with Gasteiger partial charge >= 0.3 is 0 Å². The Hall–Kier alpha value is -2.75. The second-order valence-electron chi connectivity index (χ2n) is 5.04. The average molecular weight is 278 g/mol. The molecule has 4 rings (SSSR count). The number of anilines is 2. The molecule has 104 valence electrons. The van der Waals surface area contributed by atoms with E-state index in [1.54, 1.807) is 18.2 Å². The molecule has 0 bridgehead atoms. The van der Waals surface area contributed by atoms with E-state index in [2.05, 4.69) is 22.0 Å². The molecule has 0 fully saturated rings. The van der Waals surface area contributed by atoms with Gasteiger partial charge in [0.05, 0.1) is 29.6 Å². The zero-order valence-corrected chi connectivity index (χ0v) is 11.4. The van der Waals surface area contributed by atoms with E-state index >= 15 is 0 Å². The lowest BCUT2D eigenvalue weighted by atomic mass is 10.1. The molecule has 4 heteroatoms. The lowest BCUT2D eigenvalue weighted by Gasteiger charge is -2.31. The molecule has 0 aliphatic carbocycles. The number of phenolic OH excluding ortho intramolecular Hbond substituents is 1. The number of fused-ring (bicyclic) bond motifs is 2. The summed E-state index contributed by atoms with van der Waals surface area (Å²) in [5.74, 6) is 1.02. The highest BCUT2D eigenvalue weighted by atomic mass is 16.5. The number of pyridine rings is 1. The van der Waals surface area contributed by atoms with Crippen molar-refractivity contribution in [1.82, 2.24) is 4.98 Å². The van der Waals surface area contributed by atoms with E-state index in [1.165, 1.54) is 0 Å². The van der Waals surface area contributed by atoms with E-state index in [4.69, 9.17) is 4.74 Å². The summed E-state index contributed by atoms with van der Waals surface area (Å²) in [6, 6.07) is 15.3. The van der Waals surface area contributed by atoms with Crippen LogP contribution in [0.4, 0.5) is 11.4 Å². The minimum Gasteiger partial charge on any atom is -0.508 e. The van der Waals surface area contributed by atoms with E-state index in [-0.39, 0.29) is 5.75 Å². The van der Waals surface area contributed by atoms with Gasteiger partial charge in [-0.05, 0) is 24.3 Å². The summed E-state index contributed by atoms with van der Waals surface area (Å²) in [6.45, 7) is 1.35. The van der Waals surface area contributed by atoms with Crippen molar-refractivity contribution in [3.8, 4) is 11.5 Å². The summed E-state index contributed by atoms with van der Waals surface area (Å²) in [7, 11) is 0. The van der Waals surface area contributed by atoms with Gasteiger partial charge in [-0.3, -0.25) is 4.98 Å². The van der Waals surface area contributed by atoms with Crippen LogP contribution in [0.1, 0.15) is 0 Å². The van der Waals surface area contributed by atoms with Crippen molar-refractivity contribution in [2.24, 2.45) is 0 Å². The first-order valence-electron chi connectivity index (χ1n) is 6.89. The summed E-state index contributed by atoms with van der Waals surface area (Å²) in [5.41, 5.74) is 2.85. The summed E-state index contributed by atoms with van der Waals surface area (Å²) in [6.07, 6.45) is 1.86. The van der Waals surface area contributed by atoms with E-state index in [1.807, 2.05) is 24.4 Å². The normalized spacial score (nSPS) is 13.8. The van der Waals surface area contributed by atoms with Crippen LogP contribution in [0.5, 0.6) is 11.5 Å². The predicted octanol–water partition coefficient (Wildman–Crippen LogP) is 3.47. The first-order valence-corrected chi connectivity index (χ1v) is 6.89. The van der Waals surface area contributed by atoms with Crippen molar-refractivity contribution in [3.63, 3.8) is 0 Å². The maximum Gasteiger partial charge on any atom is 0.143 e. The highest BCUT2D eigenvalue weighted by Gasteiger charge is 2.20. The van der Waals surface area contributed by atoms with Crippen molar-refractivity contribution < 1.29 is 9.84 Å². The van der Waals surface area contributed by atoms with Crippen molar-refractivity contribution in [2.45, 2.75) is 0 Å². The van der Waals surface area contributed by atoms with Gasteiger partial charge in [0.15, 0.2) is 0 Å². The second-order valence-corrected chi connectivity index (χ2v) is 5.04. The number of hydrogen-bond acceptors (Lipinski definition) is 4. The molecule has 1 aliphatic rings. The van der Waals surface area contributed by atoms with Gasteiger partial charge in [-0.1, -0.05) is 18.2 Å². The minimum atomic E-state index is 0.234. The fraction of sp³-hybridized carbons (Fsp3) is 0.118. The molecule has 2 heterocycles. The Morgan fingerprint density at radius 1 is 1.10 bits per heavy atom. The highest BCUT2D eigenvalue weighted by Crippen LogP contribution is 2.39. The third-order valence-electron chi connectivity index (χ3n) is 3.69. The number of aromatic nitrogens is 1. The van der Waals surface area contributed by atoms with Gasteiger partial charge in [-0.2, -0.15) is 0 Å². The highest BCUT2D eigenvalue weighted by molar-refractivity contribution is 5.84. The molecule has 0 saturated carbocycles. The Labute approximate surface area is 122 Å². The molecule has 0 amide bonds. The topological polar surface area (TPSA) is 45.6 Å². The molecule has 0 radical (unpaired) electrons. The van der Waals surface area contributed by atoms with E-state index in [9.17, 15) is 5.11 Å². The fourth-order valence-electron chi connectivity index (χ4n) is 2.68. The van der Waals surface area contributed by atoms with Gasteiger partial charge < -0.3 is 14.7 Å². The van der Waals surface area contributed by atoms with Crippen LogP contribution in [0.15, 0.2) is 54.7 Å². The van der Waals surface area contributed by atoms with Crippen LogP contribution in [-0.4, -0.2) is 23.2 Å². The van der Waals surface area contributed by atoms with Crippen molar-refractivity contribution in [3.05, 3.63) is 54.7 Å². The molecule has 4 nitrogen and oxygen atoms in total. The third kappa shape index (κ3) is 2.05. The summed E-state index contributed by atoms with van der Waals surface area (Å²) >= 11 is 0. The molecule has 2 aromatic carbocycles. The van der Waals surface area contributed by atoms with Crippen LogP contribution < -0.4 is 9.64 Å². The molecular weight excluding hydrogens is 264 g/mol. The molecule has 0 unspecified atom stereocenters. The van der Waals surface area contributed by atoms with Crippen LogP contribution >= 0.6 is 0 Å². The molecule has 0 atom stereocenters. The summed E-state index contributed by atoms with van der Waals surface area (Å²) in [4.78, 5) is 6.63. The monoisotopic (exact) mass is 278 g/mol. The Morgan fingerprint density at radius 3 is 2.95 bits per heavy atom. The number of ether oxygens (including phenoxy) is 1. The van der Waals surface area contributed by atoms with Gasteiger partial charge in [-0.25, -0.2) is 0 Å². The van der Waals surface area contributed by atoms with Gasteiger partial charge in [0.25, 0.3) is 0 Å². The number of phenols is 1. The number of benzene rings is 2. The summed E-state index contributed by atoms with van der Waals surface area (Å²) < 4.78 is 5.64. The van der Waals surface area contributed by atoms with E-state index in [0.29, 0.717) is 6.61 Å². The largest absolute Gasteiger partial charge is 0.508 e. The molecule has 1 aliphatic heterocycles. The first-order chi connectivity index (χ1) is 10.3. The lowest BCUT2D eigenvalue weighted by Crippen LogP contribution is -2.28. The molecule has 1 aromatic heterocycles. The fourth-order valence-corrected chi connectivity index (χ4v) is 2.68. The molecule has 3 aromatic rings. The van der Waals surface area contributed by atoms with Crippen LogP contribution in [-0.2, 0) is 0 Å². The van der Waals surface area contributed by atoms with Crippen molar-refractivity contribution >= 4 is 22.3 Å². The predicted molar refractivity (Wildman–Crippen MR) is 82.4 cm³/mol. The number of nitrogens with zero attached hydrogens (tertiary/aromatic N) is 2. The van der Waals surface area contributed by atoms with Gasteiger partial charge in [0.2, 0.25) is 0 Å². The molecule has 1 N–H and O–H groups in total. The quantitative estimate of drug-likeness (QED) is 0.740. The van der Waals surface area contributed by atoms with Crippen molar-refractivity contribution in [2.75, 3.05) is 18.1 Å². The maximum atomic E-state index is 9.73. The maximum absolute atomic E-state index is 9.73. The van der Waals surface area contributed by atoms with Gasteiger partial charge in [0, 0.05) is 11.5 Å². The van der Waals surface area contributed by atoms with E-state index in [0.717, 1.165) is 34.6 Å². The third-order valence-corrected chi connectivity index (χ3v) is 3.69. The number of para-hydroxylation sites is 1. The summed E-state index contributed by atoms with van der Waals surface area (Å²) in [5, 5.41) is 10.8. The lowest BCUT2D eigenvalue weighted by molar-refractivity contribution is 0.313. The van der Waals surface area contributed by atoms with Gasteiger partial charge in [-0.15, -0.1) is 0 Å². The number of rotatable bonds is 1. The Morgan fingerprint density at radius 2 is 2.00 bits per heavy atom. The zero-order valence-electron chi connectivity index (χ0n) is 11.4. The number of aromatic hydroxyl groups is 1. The number of hydrogen-bond donors (Lipinski definition) is 1. The van der Waals surface area contributed by atoms with E-state index < -0.39 is 0 Å². The molecule has 0 spiro atoms. The van der Waals surface area contributed by atoms with Crippen LogP contribution in [0.3, 0.4) is 0 Å². The minimum absolute atomic E-state index is 0.234. The Balaban J connectivity index is 1.84. The Kier molecular flexibility index (Phi) is 2.67. The smallest absolute Gasteiger partial charge is 0.143 e. The second kappa shape index (κ2) is 4.66. The standard InChI is InChI=1S/C17H14N2O2/c20-14-5-6-17-16(10-14)19(7-8-21-17)13-9-12-3-1-2-4-15(12)18-11-13/h1-6,9-11,20H,7-8H2. The zero-order chi connectivity index (χ0) is 14.2. The molecule has 0 saturated heterocycles. The molecule has 21 heavy (non-hydrogen) atoms. The average Bonchev–Trinajstić information content (AvgIpc) is 2.54. The van der Waals surface area contributed by atoms with Crippen LogP contribution in [0.25, 0.3) is 10.9 Å².